The number of nitrogens with two attached hydrogens (primary N) is 1. The van der Waals surface area contributed by atoms with Gasteiger partial charge in [0.1, 0.15) is 0 Å². The van der Waals surface area contributed by atoms with Crippen LogP contribution >= 0.6 is 0 Å². The van der Waals surface area contributed by atoms with E-state index < -0.39 is 25.2 Å². The summed E-state index contributed by atoms with van der Waals surface area (Å²) in [7, 11) is 0. The van der Waals surface area contributed by atoms with Crippen LogP contribution in [0.5, 0.6) is 0 Å². The van der Waals surface area contributed by atoms with Crippen molar-refractivity contribution in [2.24, 2.45) is 11.7 Å². The van der Waals surface area contributed by atoms with Crippen LogP contribution < -0.4 is 5.73 Å². The second-order valence-corrected chi connectivity index (χ2v) is 4.51. The second kappa shape index (κ2) is 6.42. The topological polar surface area (TPSA) is 44.5 Å². The highest BCUT2D eigenvalue weighted by Gasteiger charge is 2.38. The van der Waals surface area contributed by atoms with Gasteiger partial charge in [0.05, 0.1) is 31.3 Å². The van der Waals surface area contributed by atoms with Crippen molar-refractivity contribution >= 4 is 0 Å². The van der Waals surface area contributed by atoms with E-state index in [4.69, 9.17) is 15.2 Å². The molecule has 0 saturated heterocycles. The summed E-state index contributed by atoms with van der Waals surface area (Å²) >= 11 is 0. The minimum atomic E-state index is -4.29. The van der Waals surface area contributed by atoms with E-state index in [1.54, 1.807) is 0 Å². The van der Waals surface area contributed by atoms with Gasteiger partial charge in [0.15, 0.2) is 0 Å². The summed E-state index contributed by atoms with van der Waals surface area (Å²) in [5, 5.41) is 0. The van der Waals surface area contributed by atoms with Crippen molar-refractivity contribution in [1.82, 2.24) is 0 Å². The average molecular weight is 243 g/mol. The standard InChI is InChI=1S/C10H20F3NO2/c1-9(2,3)16-5-4-15-7-8(6-14)10(11,12)13/h8H,4-7,14H2,1-3H3. The van der Waals surface area contributed by atoms with Crippen molar-refractivity contribution in [3.63, 3.8) is 0 Å². The molecule has 16 heavy (non-hydrogen) atoms. The largest absolute Gasteiger partial charge is 0.395 e. The van der Waals surface area contributed by atoms with Crippen molar-refractivity contribution in [2.45, 2.75) is 32.5 Å². The normalized spacial score (nSPS) is 15.2. The predicted molar refractivity (Wildman–Crippen MR) is 55.1 cm³/mol. The predicted octanol–water partition coefficient (Wildman–Crippen LogP) is 1.96. The number of hydrogen-bond acceptors (Lipinski definition) is 3. The van der Waals surface area contributed by atoms with Gasteiger partial charge in [-0.3, -0.25) is 0 Å². The van der Waals surface area contributed by atoms with Crippen LogP contribution in [0.15, 0.2) is 0 Å². The molecule has 2 N–H and O–H groups in total. The molecule has 0 aromatic carbocycles. The van der Waals surface area contributed by atoms with Crippen molar-refractivity contribution in [3.05, 3.63) is 0 Å². The van der Waals surface area contributed by atoms with Crippen LogP contribution in [-0.4, -0.2) is 38.1 Å². The maximum atomic E-state index is 12.2. The Morgan fingerprint density at radius 3 is 2.06 bits per heavy atom. The van der Waals surface area contributed by atoms with Crippen molar-refractivity contribution in [1.29, 1.82) is 0 Å². The molecule has 3 nitrogen and oxygen atoms in total. The van der Waals surface area contributed by atoms with E-state index in [0.29, 0.717) is 0 Å². The first-order chi connectivity index (χ1) is 7.17. The van der Waals surface area contributed by atoms with Crippen LogP contribution in [0.25, 0.3) is 0 Å². The lowest BCUT2D eigenvalue weighted by Gasteiger charge is -2.21. The fourth-order valence-electron chi connectivity index (χ4n) is 0.929. The molecule has 0 aromatic rings. The monoisotopic (exact) mass is 243 g/mol. The molecule has 0 bridgehead atoms. The molecule has 0 fully saturated rings. The van der Waals surface area contributed by atoms with Gasteiger partial charge in [-0.25, -0.2) is 0 Å². The molecular formula is C10H20F3NO2. The molecule has 0 rings (SSSR count). The number of alkyl halides is 3. The first kappa shape index (κ1) is 15.7. The molecule has 0 radical (unpaired) electrons. The van der Waals surface area contributed by atoms with E-state index in [-0.39, 0.29) is 18.8 Å². The van der Waals surface area contributed by atoms with Crippen LogP contribution in [0.3, 0.4) is 0 Å². The van der Waals surface area contributed by atoms with Gasteiger partial charge in [0.25, 0.3) is 0 Å². The minimum Gasteiger partial charge on any atom is -0.378 e. The maximum absolute atomic E-state index is 12.2. The molecule has 1 atom stereocenters. The molecule has 0 aromatic heterocycles. The molecular weight excluding hydrogens is 223 g/mol. The van der Waals surface area contributed by atoms with E-state index >= 15 is 0 Å². The van der Waals surface area contributed by atoms with Gasteiger partial charge in [-0.1, -0.05) is 0 Å². The third-order valence-electron chi connectivity index (χ3n) is 1.83. The molecule has 0 saturated carbocycles. The fraction of sp³-hybridized carbons (Fsp3) is 1.00. The van der Waals surface area contributed by atoms with Crippen LogP contribution in [0, 0.1) is 5.92 Å². The third kappa shape index (κ3) is 7.90. The lowest BCUT2D eigenvalue weighted by Crippen LogP contribution is -2.34. The van der Waals surface area contributed by atoms with Crippen LogP contribution in [0.1, 0.15) is 20.8 Å². The number of rotatable bonds is 6. The smallest absolute Gasteiger partial charge is 0.378 e. The number of halogens is 3. The first-order valence-corrected chi connectivity index (χ1v) is 5.15. The Morgan fingerprint density at radius 2 is 1.69 bits per heavy atom. The van der Waals surface area contributed by atoms with Crippen molar-refractivity contribution < 1.29 is 22.6 Å². The summed E-state index contributed by atoms with van der Waals surface area (Å²) in [5.74, 6) is -1.60. The first-order valence-electron chi connectivity index (χ1n) is 5.15. The Labute approximate surface area is 94.1 Å². The molecule has 6 heteroatoms. The lowest BCUT2D eigenvalue weighted by molar-refractivity contribution is -0.186. The summed E-state index contributed by atoms with van der Waals surface area (Å²) < 4.78 is 46.9. The molecule has 0 heterocycles. The number of ether oxygens (including phenoxy) is 2. The third-order valence-corrected chi connectivity index (χ3v) is 1.83. The van der Waals surface area contributed by atoms with Gasteiger partial charge in [0, 0.05) is 6.54 Å². The molecule has 0 amide bonds. The molecule has 1 unspecified atom stereocenters. The summed E-state index contributed by atoms with van der Waals surface area (Å²) in [6, 6.07) is 0. The van der Waals surface area contributed by atoms with Crippen molar-refractivity contribution in [2.75, 3.05) is 26.4 Å². The molecule has 0 spiro atoms. The van der Waals surface area contributed by atoms with Crippen LogP contribution in [0.2, 0.25) is 0 Å². The van der Waals surface area contributed by atoms with E-state index in [1.165, 1.54) is 0 Å². The Kier molecular flexibility index (Phi) is 6.28. The van der Waals surface area contributed by atoms with E-state index in [1.807, 2.05) is 20.8 Å². The van der Waals surface area contributed by atoms with Crippen LogP contribution in [0.4, 0.5) is 13.2 Å². The summed E-state index contributed by atoms with van der Waals surface area (Å²) in [5.41, 5.74) is 4.71. The quantitative estimate of drug-likeness (QED) is 0.725. The second-order valence-electron chi connectivity index (χ2n) is 4.51. The van der Waals surface area contributed by atoms with Gasteiger partial charge in [-0.15, -0.1) is 0 Å². The zero-order chi connectivity index (χ0) is 12.8. The van der Waals surface area contributed by atoms with Crippen LogP contribution in [-0.2, 0) is 9.47 Å². The highest BCUT2D eigenvalue weighted by molar-refractivity contribution is 4.67. The molecule has 98 valence electrons. The van der Waals surface area contributed by atoms with E-state index in [9.17, 15) is 13.2 Å². The zero-order valence-electron chi connectivity index (χ0n) is 9.93. The average Bonchev–Trinajstić information content (AvgIpc) is 2.07. The Morgan fingerprint density at radius 1 is 1.12 bits per heavy atom. The highest BCUT2D eigenvalue weighted by Crippen LogP contribution is 2.25. The molecule has 0 aliphatic heterocycles. The van der Waals surface area contributed by atoms with E-state index in [0.717, 1.165) is 0 Å². The summed E-state index contributed by atoms with van der Waals surface area (Å²) in [6.45, 7) is 5.15. The van der Waals surface area contributed by atoms with Gasteiger partial charge in [0.2, 0.25) is 0 Å². The summed E-state index contributed by atoms with van der Waals surface area (Å²) in [4.78, 5) is 0. The van der Waals surface area contributed by atoms with Gasteiger partial charge in [-0.05, 0) is 20.8 Å². The van der Waals surface area contributed by atoms with Gasteiger partial charge < -0.3 is 15.2 Å². The molecule has 0 aliphatic carbocycles. The fourth-order valence-corrected chi connectivity index (χ4v) is 0.929. The number of hydrogen-bond donors (Lipinski definition) is 1. The minimum absolute atomic E-state index is 0.143. The Bertz CT molecular complexity index is 189. The zero-order valence-corrected chi connectivity index (χ0v) is 9.93. The maximum Gasteiger partial charge on any atom is 0.395 e. The van der Waals surface area contributed by atoms with E-state index in [2.05, 4.69) is 0 Å². The highest BCUT2D eigenvalue weighted by atomic mass is 19.4. The SMILES string of the molecule is CC(C)(C)OCCOCC(CN)C(F)(F)F. The van der Waals surface area contributed by atoms with Crippen molar-refractivity contribution in [3.8, 4) is 0 Å². The van der Waals surface area contributed by atoms with Gasteiger partial charge in [-0.2, -0.15) is 13.2 Å². The molecule has 0 aliphatic rings. The van der Waals surface area contributed by atoms with Gasteiger partial charge >= 0.3 is 6.18 Å². The summed E-state index contributed by atoms with van der Waals surface area (Å²) in [6.07, 6.45) is -4.29. The Hall–Kier alpha value is -0.330. The lowest BCUT2D eigenvalue weighted by atomic mass is 10.1. The Balaban J connectivity index is 3.65.